The van der Waals surface area contributed by atoms with Gasteiger partial charge < -0.3 is 10.0 Å². The number of halogens is 1. The molecule has 0 bridgehead atoms. The highest BCUT2D eigenvalue weighted by Crippen LogP contribution is 2.12. The second kappa shape index (κ2) is 8.69. The first-order valence-electron chi connectivity index (χ1n) is 7.27. The molecule has 0 radical (unpaired) electrons. The largest absolute Gasteiger partial charge is 0.395 e. The molecule has 4 heteroatoms. The first-order valence-corrected chi connectivity index (χ1v) is 7.27. The van der Waals surface area contributed by atoms with Crippen molar-refractivity contribution >= 4 is 5.91 Å². The summed E-state index contributed by atoms with van der Waals surface area (Å²) < 4.78 is 12.8. The zero-order valence-corrected chi connectivity index (χ0v) is 12.3. The molecular formula is C16H24FNO2. The van der Waals surface area contributed by atoms with Crippen molar-refractivity contribution < 1.29 is 14.3 Å². The molecule has 0 saturated carbocycles. The van der Waals surface area contributed by atoms with Crippen LogP contribution in [0.15, 0.2) is 24.3 Å². The summed E-state index contributed by atoms with van der Waals surface area (Å²) in [5.41, 5.74) is 0.952. The highest BCUT2D eigenvalue weighted by molar-refractivity contribution is 5.76. The first-order chi connectivity index (χ1) is 9.62. The number of carbonyl (C=O) groups is 1. The maximum atomic E-state index is 12.8. The molecule has 0 fully saturated rings. The third-order valence-corrected chi connectivity index (χ3v) is 3.59. The van der Waals surface area contributed by atoms with Crippen molar-refractivity contribution in [1.82, 2.24) is 4.90 Å². The molecule has 0 atom stereocenters. The Hall–Kier alpha value is -1.42. The van der Waals surface area contributed by atoms with Crippen molar-refractivity contribution in [3.8, 4) is 0 Å². The fraction of sp³-hybridized carbons (Fsp3) is 0.562. The number of amides is 1. The molecule has 1 aromatic rings. The summed E-state index contributed by atoms with van der Waals surface area (Å²) in [7, 11) is 0. The van der Waals surface area contributed by atoms with Gasteiger partial charge in [-0.2, -0.15) is 0 Å². The van der Waals surface area contributed by atoms with Crippen LogP contribution in [-0.2, 0) is 11.2 Å². The van der Waals surface area contributed by atoms with Gasteiger partial charge in [-0.1, -0.05) is 26.0 Å². The number of aliphatic hydroxyl groups excluding tert-OH is 1. The van der Waals surface area contributed by atoms with Crippen LogP contribution in [-0.4, -0.2) is 35.1 Å². The third-order valence-electron chi connectivity index (χ3n) is 3.59. The molecule has 0 saturated heterocycles. The highest BCUT2D eigenvalue weighted by Gasteiger charge is 2.20. The van der Waals surface area contributed by atoms with Gasteiger partial charge in [-0.3, -0.25) is 4.79 Å². The molecule has 1 N–H and O–H groups in total. The summed E-state index contributed by atoms with van der Waals surface area (Å²) >= 11 is 0. The Bertz CT molecular complexity index is 401. The van der Waals surface area contributed by atoms with Gasteiger partial charge in [-0.25, -0.2) is 4.39 Å². The van der Waals surface area contributed by atoms with Crippen molar-refractivity contribution in [2.75, 3.05) is 13.2 Å². The Kier molecular flexibility index (Phi) is 7.23. The van der Waals surface area contributed by atoms with E-state index in [1.807, 2.05) is 13.8 Å². The topological polar surface area (TPSA) is 40.5 Å². The highest BCUT2D eigenvalue weighted by atomic mass is 19.1. The molecule has 0 aliphatic rings. The van der Waals surface area contributed by atoms with Gasteiger partial charge in [0.15, 0.2) is 0 Å². The molecule has 3 nitrogen and oxygen atoms in total. The maximum Gasteiger partial charge on any atom is 0.223 e. The van der Waals surface area contributed by atoms with Crippen LogP contribution in [0.2, 0.25) is 0 Å². The quantitative estimate of drug-likeness (QED) is 0.796. The average molecular weight is 281 g/mol. The Labute approximate surface area is 120 Å². The van der Waals surface area contributed by atoms with Gasteiger partial charge in [0.1, 0.15) is 5.82 Å². The van der Waals surface area contributed by atoms with Crippen molar-refractivity contribution in [3.63, 3.8) is 0 Å². The van der Waals surface area contributed by atoms with E-state index >= 15 is 0 Å². The lowest BCUT2D eigenvalue weighted by Gasteiger charge is -2.30. The normalized spacial score (nSPS) is 10.8. The fourth-order valence-electron chi connectivity index (χ4n) is 2.39. The standard InChI is InChI=1S/C16H24FNO2/c1-3-15(4-2)18(11-12-19)16(20)10-7-13-5-8-14(17)9-6-13/h5-6,8-9,15,19H,3-4,7,10-12H2,1-2H3. The Morgan fingerprint density at radius 1 is 1.25 bits per heavy atom. The van der Waals surface area contributed by atoms with Crippen LogP contribution in [0.5, 0.6) is 0 Å². The number of nitrogens with zero attached hydrogens (tertiary/aromatic N) is 1. The summed E-state index contributed by atoms with van der Waals surface area (Å²) in [6.45, 7) is 4.46. The number of hydrogen-bond donors (Lipinski definition) is 1. The van der Waals surface area contributed by atoms with Gasteiger partial charge >= 0.3 is 0 Å². The average Bonchev–Trinajstić information content (AvgIpc) is 2.46. The van der Waals surface area contributed by atoms with Crippen molar-refractivity contribution in [2.45, 2.75) is 45.6 Å². The smallest absolute Gasteiger partial charge is 0.223 e. The van der Waals surface area contributed by atoms with E-state index in [0.717, 1.165) is 18.4 Å². The van der Waals surface area contributed by atoms with Crippen LogP contribution in [0.4, 0.5) is 4.39 Å². The lowest BCUT2D eigenvalue weighted by molar-refractivity contribution is -0.134. The Balaban J connectivity index is 2.59. The lowest BCUT2D eigenvalue weighted by Crippen LogP contribution is -2.41. The number of aryl methyl sites for hydroxylation is 1. The minimum absolute atomic E-state index is 0.0151. The van der Waals surface area contributed by atoms with E-state index in [0.29, 0.717) is 19.4 Å². The van der Waals surface area contributed by atoms with E-state index in [-0.39, 0.29) is 24.4 Å². The summed E-state index contributed by atoms with van der Waals surface area (Å²) in [4.78, 5) is 14.0. The van der Waals surface area contributed by atoms with E-state index in [1.165, 1.54) is 12.1 Å². The second-order valence-electron chi connectivity index (χ2n) is 4.91. The van der Waals surface area contributed by atoms with Crippen LogP contribution < -0.4 is 0 Å². The van der Waals surface area contributed by atoms with Crippen molar-refractivity contribution in [3.05, 3.63) is 35.6 Å². The Morgan fingerprint density at radius 2 is 1.85 bits per heavy atom. The molecule has 0 unspecified atom stereocenters. The van der Waals surface area contributed by atoms with Gasteiger partial charge in [-0.05, 0) is 37.0 Å². The van der Waals surface area contributed by atoms with E-state index in [9.17, 15) is 9.18 Å². The molecular weight excluding hydrogens is 257 g/mol. The van der Waals surface area contributed by atoms with Crippen LogP contribution in [0.3, 0.4) is 0 Å². The van der Waals surface area contributed by atoms with E-state index < -0.39 is 0 Å². The van der Waals surface area contributed by atoms with Crippen LogP contribution in [0.1, 0.15) is 38.7 Å². The van der Waals surface area contributed by atoms with Gasteiger partial charge in [0, 0.05) is 19.0 Å². The van der Waals surface area contributed by atoms with Gasteiger partial charge in [0.05, 0.1) is 6.61 Å². The Morgan fingerprint density at radius 3 is 2.35 bits per heavy atom. The summed E-state index contributed by atoms with van der Waals surface area (Å²) in [6, 6.07) is 6.41. The molecule has 0 aliphatic heterocycles. The zero-order valence-electron chi connectivity index (χ0n) is 12.3. The van der Waals surface area contributed by atoms with Crippen LogP contribution >= 0.6 is 0 Å². The van der Waals surface area contributed by atoms with Gasteiger partial charge in [0.25, 0.3) is 0 Å². The van der Waals surface area contributed by atoms with Gasteiger partial charge in [-0.15, -0.1) is 0 Å². The number of benzene rings is 1. The van der Waals surface area contributed by atoms with E-state index in [2.05, 4.69) is 0 Å². The molecule has 0 aromatic heterocycles. The summed E-state index contributed by atoms with van der Waals surface area (Å²) in [5, 5.41) is 9.11. The monoisotopic (exact) mass is 281 g/mol. The second-order valence-corrected chi connectivity index (χ2v) is 4.91. The molecule has 112 valence electrons. The molecule has 20 heavy (non-hydrogen) atoms. The van der Waals surface area contributed by atoms with Crippen LogP contribution in [0.25, 0.3) is 0 Å². The predicted octanol–water partition coefficient (Wildman–Crippen LogP) is 2.77. The molecule has 0 heterocycles. The number of rotatable bonds is 8. The van der Waals surface area contributed by atoms with Crippen molar-refractivity contribution in [2.24, 2.45) is 0 Å². The van der Waals surface area contributed by atoms with Gasteiger partial charge in [0.2, 0.25) is 5.91 Å². The summed E-state index contributed by atoms with van der Waals surface area (Å²) in [6.07, 6.45) is 2.76. The SMILES string of the molecule is CCC(CC)N(CCO)C(=O)CCc1ccc(F)cc1. The number of hydrogen-bond acceptors (Lipinski definition) is 2. The minimum atomic E-state index is -0.265. The maximum absolute atomic E-state index is 12.8. The number of carbonyl (C=O) groups excluding carboxylic acids is 1. The van der Waals surface area contributed by atoms with Crippen molar-refractivity contribution in [1.29, 1.82) is 0 Å². The molecule has 1 aromatic carbocycles. The number of aliphatic hydroxyl groups is 1. The molecule has 0 aliphatic carbocycles. The zero-order chi connectivity index (χ0) is 15.0. The van der Waals surface area contributed by atoms with E-state index in [4.69, 9.17) is 5.11 Å². The predicted molar refractivity (Wildman–Crippen MR) is 77.9 cm³/mol. The molecule has 1 amide bonds. The minimum Gasteiger partial charge on any atom is -0.395 e. The fourth-order valence-corrected chi connectivity index (χ4v) is 2.39. The summed E-state index contributed by atoms with van der Waals surface area (Å²) in [5.74, 6) is -0.212. The third kappa shape index (κ3) is 4.93. The lowest BCUT2D eigenvalue weighted by atomic mass is 10.1. The first kappa shape index (κ1) is 16.6. The molecule has 0 spiro atoms. The molecule has 1 rings (SSSR count). The van der Waals surface area contributed by atoms with E-state index in [1.54, 1.807) is 17.0 Å². The van der Waals surface area contributed by atoms with Crippen LogP contribution in [0, 0.1) is 5.82 Å².